The van der Waals surface area contributed by atoms with Crippen molar-refractivity contribution in [3.05, 3.63) is 82.1 Å². The van der Waals surface area contributed by atoms with E-state index in [1.807, 2.05) is 62.9 Å². The van der Waals surface area contributed by atoms with Gasteiger partial charge in [-0.2, -0.15) is 0 Å². The maximum absolute atomic E-state index is 17.1. The molecule has 2 unspecified atom stereocenters. The van der Waals surface area contributed by atoms with Gasteiger partial charge >= 0.3 is 12.2 Å². The predicted octanol–water partition coefficient (Wildman–Crippen LogP) is 9.19. The van der Waals surface area contributed by atoms with Gasteiger partial charge in [0.2, 0.25) is 18.0 Å². The molecule has 6 aromatic rings. The Morgan fingerprint density at radius 3 is 2.19 bits per heavy atom. The van der Waals surface area contributed by atoms with Crippen molar-refractivity contribution >= 4 is 46.2 Å². The van der Waals surface area contributed by atoms with Crippen molar-refractivity contribution in [1.82, 2.24) is 44.9 Å². The first-order valence-electron chi connectivity index (χ1n) is 25.6. The van der Waals surface area contributed by atoms with E-state index in [0.29, 0.717) is 91.9 Å². The van der Waals surface area contributed by atoms with Crippen LogP contribution in [0.3, 0.4) is 0 Å². The first-order chi connectivity index (χ1) is 35.7. The van der Waals surface area contributed by atoms with Crippen molar-refractivity contribution < 1.29 is 47.3 Å². The lowest BCUT2D eigenvalue weighted by atomic mass is 9.82. The summed E-state index contributed by atoms with van der Waals surface area (Å²) >= 11 is 1.64. The Balaban J connectivity index is 0.902. The number of aromatic nitrogens is 5. The fourth-order valence-electron chi connectivity index (χ4n) is 11.7. The number of rotatable bonds is 11. The summed E-state index contributed by atoms with van der Waals surface area (Å²) in [6.07, 6.45) is 7.44. The number of amides is 4. The number of H-pyrrole nitrogens is 2. The number of hydrogen-bond donors (Lipinski definition) is 4. The summed E-state index contributed by atoms with van der Waals surface area (Å²) in [5.74, 6) is 1.26. The third-order valence-corrected chi connectivity index (χ3v) is 16.5. The zero-order valence-electron chi connectivity index (χ0n) is 42.4. The highest BCUT2D eigenvalue weighted by Gasteiger charge is 2.44. The number of likely N-dealkylation sites (tertiary alicyclic amines) is 2. The first kappa shape index (κ1) is 49.3. The summed E-state index contributed by atoms with van der Waals surface area (Å²) in [6.45, 7) is 9.90. The van der Waals surface area contributed by atoms with Gasteiger partial charge in [0.25, 0.3) is 0 Å². The molecule has 0 radical (unpaired) electrons. The Hall–Kier alpha value is -6.93. The Morgan fingerprint density at radius 2 is 1.51 bits per heavy atom. The van der Waals surface area contributed by atoms with Crippen LogP contribution in [0, 0.1) is 17.7 Å². The number of imidazole rings is 2. The number of benzene rings is 2. The van der Waals surface area contributed by atoms with Crippen LogP contribution in [0.15, 0.2) is 54.9 Å². The van der Waals surface area contributed by atoms with Crippen LogP contribution in [0.4, 0.5) is 14.0 Å². The second kappa shape index (κ2) is 19.7. The predicted molar refractivity (Wildman–Crippen MR) is 273 cm³/mol. The Labute approximate surface area is 431 Å². The molecule has 4 aromatic heterocycles. The van der Waals surface area contributed by atoms with E-state index in [2.05, 4.69) is 31.2 Å². The van der Waals surface area contributed by atoms with E-state index in [0.717, 1.165) is 63.3 Å². The van der Waals surface area contributed by atoms with Crippen molar-refractivity contribution in [2.75, 3.05) is 40.5 Å². The largest absolute Gasteiger partial charge is 0.492 e. The molecule has 390 valence electrons. The maximum atomic E-state index is 17.1. The smallest absolute Gasteiger partial charge is 0.407 e. The van der Waals surface area contributed by atoms with Crippen molar-refractivity contribution in [3.63, 3.8) is 0 Å². The van der Waals surface area contributed by atoms with E-state index >= 15 is 4.39 Å². The summed E-state index contributed by atoms with van der Waals surface area (Å²) < 4.78 is 47.9. The van der Waals surface area contributed by atoms with Crippen molar-refractivity contribution in [3.8, 4) is 45.3 Å². The quantitative estimate of drug-likeness (QED) is 0.0962. The monoisotopic (exact) mass is 1030 g/mol. The lowest BCUT2D eigenvalue weighted by Gasteiger charge is -2.40. The number of aromatic amines is 2. The normalized spacial score (nSPS) is 21.8. The lowest BCUT2D eigenvalue weighted by molar-refractivity contribution is -0.139. The number of nitrogens with zero attached hydrogens (tertiary/aromatic N) is 5. The van der Waals surface area contributed by atoms with Gasteiger partial charge in [-0.05, 0) is 107 Å². The lowest BCUT2D eigenvalue weighted by Crippen LogP contribution is -2.54. The highest BCUT2D eigenvalue weighted by molar-refractivity contribution is 7.12. The zero-order chi connectivity index (χ0) is 51.6. The fraction of sp³-hybridized carbons (Fsp3) is 0.481. The number of carbonyl (C=O) groups is 4. The van der Waals surface area contributed by atoms with E-state index in [9.17, 15) is 19.2 Å². The van der Waals surface area contributed by atoms with Gasteiger partial charge in [-0.1, -0.05) is 19.9 Å². The van der Waals surface area contributed by atoms with Crippen LogP contribution in [0.25, 0.3) is 44.7 Å². The third kappa shape index (κ3) is 9.13. The van der Waals surface area contributed by atoms with Crippen LogP contribution in [0.5, 0.6) is 11.5 Å². The summed E-state index contributed by atoms with van der Waals surface area (Å²) in [6, 6.07) is 11.2. The number of carbonyl (C=O) groups excluding carboxylic acids is 4. The van der Waals surface area contributed by atoms with Crippen LogP contribution < -0.4 is 20.1 Å². The first-order valence-corrected chi connectivity index (χ1v) is 26.5. The molecule has 0 aliphatic carbocycles. The highest BCUT2D eigenvalue weighted by atomic mass is 32.1. The van der Waals surface area contributed by atoms with Crippen molar-refractivity contribution in [2.24, 2.45) is 11.8 Å². The summed E-state index contributed by atoms with van der Waals surface area (Å²) in [4.78, 5) is 75.2. The minimum absolute atomic E-state index is 0.133. The van der Waals surface area contributed by atoms with Crippen LogP contribution >= 0.6 is 11.3 Å². The second-order valence-electron chi connectivity index (χ2n) is 20.9. The van der Waals surface area contributed by atoms with E-state index in [1.54, 1.807) is 28.6 Å². The number of thiophene rings is 1. The van der Waals surface area contributed by atoms with Gasteiger partial charge in [-0.15, -0.1) is 11.3 Å². The number of halogens is 1. The molecule has 74 heavy (non-hydrogen) atoms. The summed E-state index contributed by atoms with van der Waals surface area (Å²) in [5.41, 5.74) is 4.10. The van der Waals surface area contributed by atoms with E-state index in [-0.39, 0.29) is 35.7 Å². The number of aryl methyl sites for hydroxylation is 1. The van der Waals surface area contributed by atoms with Crippen LogP contribution in [0.2, 0.25) is 0 Å². The van der Waals surface area contributed by atoms with Gasteiger partial charge in [0.15, 0.2) is 0 Å². The number of methoxy groups -OCH3 is 2. The molecule has 3 fully saturated rings. The van der Waals surface area contributed by atoms with Crippen molar-refractivity contribution in [1.29, 1.82) is 0 Å². The topological polar surface area (TPSA) is 207 Å². The van der Waals surface area contributed by atoms with E-state index in [4.69, 9.17) is 33.7 Å². The molecule has 5 aliphatic heterocycles. The van der Waals surface area contributed by atoms with Gasteiger partial charge in [-0.25, -0.2) is 23.9 Å². The number of ether oxygens (including phenoxy) is 5. The van der Waals surface area contributed by atoms with Crippen LogP contribution in [0.1, 0.15) is 112 Å². The Kier molecular flexibility index (Phi) is 13.1. The number of hydrogen-bond acceptors (Lipinski definition) is 12. The molecule has 0 saturated carbocycles. The van der Waals surface area contributed by atoms with Gasteiger partial charge in [0, 0.05) is 47.2 Å². The average molecular weight is 1030 g/mol. The Morgan fingerprint density at radius 1 is 0.824 bits per heavy atom. The number of fused-ring (bicyclic) bond motifs is 6. The third-order valence-electron chi connectivity index (χ3n) is 15.3. The molecular weight excluding hydrogens is 970 g/mol. The number of nitrogens with one attached hydrogen (secondary N) is 4. The van der Waals surface area contributed by atoms with Gasteiger partial charge < -0.3 is 54.1 Å². The standard InChI is InChI=1S/C54H62FN9O9S/c1-28(2)45(60-52(67)69-5)49(65)62-16-7-10-37(62)48-57-27-35(59-48)31-21-33(55)44-39-22-32-20-29(13-14-36(32)64(39)51(73-41(44)23-31)43-24-40-42(74-43)12-9-18-71-40)34-26-56-47(58-34)38-11-8-17-63(38)50(66)46(61-53(68)70-6)30-15-19-72-54(3,4)25-30/h13-14,20-24,26-28,30,37-38,45-46,51H,7-12,15-19,25H2,1-6H3,(H,56,58)(H,57,59)(H,60,67)(H,61,68)/t30?,37-,38-,45-,46-,51?/m0/s1. The molecule has 4 amide bonds. The molecule has 5 aliphatic rings. The molecule has 11 rings (SSSR count). The molecule has 2 aromatic carbocycles. The maximum Gasteiger partial charge on any atom is 0.407 e. The average Bonchev–Trinajstić information content (AvgIpc) is 4.26. The summed E-state index contributed by atoms with van der Waals surface area (Å²) in [7, 11) is 2.57. The van der Waals surface area contributed by atoms with Gasteiger partial charge in [0.1, 0.15) is 41.0 Å². The van der Waals surface area contributed by atoms with Crippen LogP contribution in [-0.4, -0.2) is 117 Å². The molecule has 0 spiro atoms. The van der Waals surface area contributed by atoms with Gasteiger partial charge in [-0.3, -0.25) is 14.2 Å². The summed E-state index contributed by atoms with van der Waals surface area (Å²) in [5, 5.41) is 6.41. The SMILES string of the molecule is COC(=O)N[C@H](C(=O)N1CCC[C@H]1c1ncc(-c2cc(F)c3c(c2)OC(c2cc4c(s2)CCCO4)n2c-3cc3cc(-c4cnc([C@@H]5CCCN5C(=O)[C@@H](NC(=O)OC)C5CCOC(C)(C)C5)[nH]4)ccc32)[nH]1)C(C)C. The molecule has 9 heterocycles. The van der Waals surface area contributed by atoms with Crippen LogP contribution in [-0.2, 0) is 30.2 Å². The molecular formula is C54H62FN9O9S. The molecule has 6 atom stereocenters. The molecule has 3 saturated heterocycles. The molecule has 20 heteroatoms. The van der Waals surface area contributed by atoms with E-state index < -0.39 is 41.9 Å². The zero-order valence-corrected chi connectivity index (χ0v) is 43.2. The number of alkyl carbamates (subject to hydrolysis) is 2. The van der Waals surface area contributed by atoms with Crippen molar-refractivity contribution in [2.45, 2.75) is 115 Å². The van der Waals surface area contributed by atoms with E-state index in [1.165, 1.54) is 20.3 Å². The van der Waals surface area contributed by atoms with Gasteiger partial charge in [0.05, 0.1) is 83.9 Å². The molecule has 4 N–H and O–H groups in total. The highest BCUT2D eigenvalue weighted by Crippen LogP contribution is 2.50. The minimum atomic E-state index is -0.779. The molecule has 0 bridgehead atoms. The molecule has 18 nitrogen and oxygen atoms in total. The fourth-order valence-corrected chi connectivity index (χ4v) is 12.8. The Bertz CT molecular complexity index is 3120. The second-order valence-corrected chi connectivity index (χ2v) is 22.1. The minimum Gasteiger partial charge on any atom is -0.492 e.